The van der Waals surface area contributed by atoms with Gasteiger partial charge in [0, 0.05) is 25.0 Å². The molecule has 4 rings (SSSR count). The molecule has 0 unspecified atom stereocenters. The molecule has 0 atom stereocenters. The van der Waals surface area contributed by atoms with Crippen LogP contribution in [0.3, 0.4) is 0 Å². The molecule has 3 nitrogen and oxygen atoms in total. The first-order valence-corrected chi connectivity index (χ1v) is 9.14. The highest BCUT2D eigenvalue weighted by Gasteiger charge is 2.20. The number of nitrogens with zero attached hydrogens (tertiary/aromatic N) is 2. The largest absolute Gasteiger partial charge is 0.370 e. The van der Waals surface area contributed by atoms with Crippen LogP contribution in [0.2, 0.25) is 0 Å². The Labute approximate surface area is 133 Å². The van der Waals surface area contributed by atoms with Crippen LogP contribution in [0, 0.1) is 0 Å². The van der Waals surface area contributed by atoms with Gasteiger partial charge in [-0.2, -0.15) is 0 Å². The number of hydrogen-bond acceptors (Lipinski definition) is 2. The molecule has 1 saturated carbocycles. The van der Waals surface area contributed by atoms with E-state index in [-0.39, 0.29) is 0 Å². The van der Waals surface area contributed by atoms with Gasteiger partial charge in [-0.15, -0.1) is 0 Å². The van der Waals surface area contributed by atoms with Crippen LogP contribution in [0.1, 0.15) is 69.4 Å². The number of H-pyrrole nitrogens is 1. The maximum atomic E-state index is 4.62. The minimum atomic E-state index is 0.722. The molecule has 2 aromatic rings. The van der Waals surface area contributed by atoms with E-state index in [0.717, 1.165) is 11.4 Å². The Morgan fingerprint density at radius 1 is 0.955 bits per heavy atom. The summed E-state index contributed by atoms with van der Waals surface area (Å²) < 4.78 is 0. The van der Waals surface area contributed by atoms with Crippen LogP contribution >= 0.6 is 0 Å². The van der Waals surface area contributed by atoms with Gasteiger partial charge < -0.3 is 9.88 Å². The Kier molecular flexibility index (Phi) is 4.05. The lowest BCUT2D eigenvalue weighted by atomic mass is 9.87. The first-order chi connectivity index (χ1) is 10.9. The van der Waals surface area contributed by atoms with E-state index < -0.39 is 0 Å². The molecule has 0 amide bonds. The van der Waals surface area contributed by atoms with Crippen molar-refractivity contribution in [2.24, 2.45) is 0 Å². The molecule has 2 aliphatic rings. The van der Waals surface area contributed by atoms with Gasteiger partial charge in [0.05, 0.1) is 16.7 Å². The fourth-order valence-electron chi connectivity index (χ4n) is 4.24. The Bertz CT molecular complexity index is 617. The Balaban J connectivity index is 1.67. The molecular formula is C19H27N3. The van der Waals surface area contributed by atoms with Crippen molar-refractivity contribution in [3.05, 3.63) is 24.0 Å². The number of fused-ring (bicyclic) bond motifs is 1. The molecule has 1 aliphatic heterocycles. The van der Waals surface area contributed by atoms with E-state index in [2.05, 4.69) is 27.0 Å². The van der Waals surface area contributed by atoms with Crippen LogP contribution < -0.4 is 4.90 Å². The SMILES string of the molecule is c1cc(N2CCCCCC2)c2[nH]c(C3CCCCC3)cc2n1. The maximum Gasteiger partial charge on any atom is 0.0903 e. The van der Waals surface area contributed by atoms with Crippen LogP contribution in [-0.2, 0) is 0 Å². The second-order valence-corrected chi connectivity index (χ2v) is 7.05. The van der Waals surface area contributed by atoms with Gasteiger partial charge in [0.2, 0.25) is 0 Å². The topological polar surface area (TPSA) is 31.9 Å². The monoisotopic (exact) mass is 297 g/mol. The molecule has 3 heterocycles. The average molecular weight is 297 g/mol. The van der Waals surface area contributed by atoms with Crippen molar-refractivity contribution < 1.29 is 0 Å². The van der Waals surface area contributed by atoms with Gasteiger partial charge in [-0.3, -0.25) is 4.98 Å². The van der Waals surface area contributed by atoms with Gasteiger partial charge in [0.15, 0.2) is 0 Å². The van der Waals surface area contributed by atoms with Gasteiger partial charge in [-0.1, -0.05) is 32.1 Å². The summed E-state index contributed by atoms with van der Waals surface area (Å²) in [5, 5.41) is 0. The number of hydrogen-bond donors (Lipinski definition) is 1. The molecule has 3 heteroatoms. The molecule has 1 aliphatic carbocycles. The van der Waals surface area contributed by atoms with Crippen molar-refractivity contribution in [3.63, 3.8) is 0 Å². The van der Waals surface area contributed by atoms with Crippen molar-refractivity contribution in [3.8, 4) is 0 Å². The predicted molar refractivity (Wildman–Crippen MR) is 92.6 cm³/mol. The number of pyridine rings is 1. The number of anilines is 1. The highest BCUT2D eigenvalue weighted by atomic mass is 15.1. The third kappa shape index (κ3) is 2.73. The zero-order chi connectivity index (χ0) is 14.8. The van der Waals surface area contributed by atoms with Gasteiger partial charge in [0.1, 0.15) is 0 Å². The fourth-order valence-corrected chi connectivity index (χ4v) is 4.24. The van der Waals surface area contributed by atoms with Crippen LogP contribution in [0.4, 0.5) is 5.69 Å². The first kappa shape index (κ1) is 14.1. The van der Waals surface area contributed by atoms with Gasteiger partial charge in [-0.05, 0) is 43.7 Å². The zero-order valence-electron chi connectivity index (χ0n) is 13.5. The zero-order valence-corrected chi connectivity index (χ0v) is 13.5. The van der Waals surface area contributed by atoms with Gasteiger partial charge >= 0.3 is 0 Å². The molecular weight excluding hydrogens is 270 g/mol. The summed E-state index contributed by atoms with van der Waals surface area (Å²) in [6, 6.07) is 4.52. The fraction of sp³-hybridized carbons (Fsp3) is 0.632. The lowest BCUT2D eigenvalue weighted by Gasteiger charge is -2.23. The van der Waals surface area contributed by atoms with Gasteiger partial charge in [0.25, 0.3) is 0 Å². The minimum absolute atomic E-state index is 0.722. The molecule has 0 radical (unpaired) electrons. The normalized spacial score (nSPS) is 21.2. The molecule has 22 heavy (non-hydrogen) atoms. The third-order valence-corrected chi connectivity index (χ3v) is 5.51. The number of aromatic amines is 1. The molecule has 0 aromatic carbocycles. The quantitative estimate of drug-likeness (QED) is 0.846. The van der Waals surface area contributed by atoms with E-state index in [0.29, 0.717) is 0 Å². The van der Waals surface area contributed by atoms with Crippen molar-refractivity contribution in [2.45, 2.75) is 63.7 Å². The van der Waals surface area contributed by atoms with E-state index in [9.17, 15) is 0 Å². The van der Waals surface area contributed by atoms with Crippen molar-refractivity contribution in [1.29, 1.82) is 0 Å². The van der Waals surface area contributed by atoms with E-state index >= 15 is 0 Å². The predicted octanol–water partition coefficient (Wildman–Crippen LogP) is 4.99. The summed E-state index contributed by atoms with van der Waals surface area (Å²) in [5.74, 6) is 0.722. The van der Waals surface area contributed by atoms with E-state index in [1.165, 1.54) is 87.8 Å². The van der Waals surface area contributed by atoms with Crippen molar-refractivity contribution in [2.75, 3.05) is 18.0 Å². The molecule has 1 N–H and O–H groups in total. The third-order valence-electron chi connectivity index (χ3n) is 5.51. The molecule has 1 saturated heterocycles. The Morgan fingerprint density at radius 3 is 2.45 bits per heavy atom. The Hall–Kier alpha value is -1.51. The number of nitrogens with one attached hydrogen (secondary N) is 1. The summed E-state index contributed by atoms with van der Waals surface area (Å²) in [5.41, 5.74) is 5.21. The maximum absolute atomic E-state index is 4.62. The number of rotatable bonds is 2. The van der Waals surface area contributed by atoms with Crippen molar-refractivity contribution in [1.82, 2.24) is 9.97 Å². The standard InChI is InChI=1S/C19H27N3/c1-2-7-13-22(12-6-1)18-10-11-20-17-14-16(21-19(17)18)15-8-4-3-5-9-15/h10-11,14-15,21H,1-9,12-13H2. The van der Waals surface area contributed by atoms with Crippen molar-refractivity contribution >= 4 is 16.7 Å². The smallest absolute Gasteiger partial charge is 0.0903 e. The molecule has 2 aromatic heterocycles. The average Bonchev–Trinajstić information content (AvgIpc) is 2.83. The summed E-state index contributed by atoms with van der Waals surface area (Å²) in [4.78, 5) is 10.9. The lowest BCUT2D eigenvalue weighted by Crippen LogP contribution is -2.24. The minimum Gasteiger partial charge on any atom is -0.370 e. The molecule has 118 valence electrons. The molecule has 0 spiro atoms. The number of aromatic nitrogens is 2. The van der Waals surface area contributed by atoms with Crippen LogP contribution in [0.5, 0.6) is 0 Å². The summed E-state index contributed by atoms with van der Waals surface area (Å²) >= 11 is 0. The van der Waals surface area contributed by atoms with Gasteiger partial charge in [-0.25, -0.2) is 0 Å². The highest BCUT2D eigenvalue weighted by molar-refractivity contribution is 5.89. The van der Waals surface area contributed by atoms with E-state index in [1.807, 2.05) is 6.20 Å². The summed E-state index contributed by atoms with van der Waals surface area (Å²) in [6.45, 7) is 2.38. The van der Waals surface area contributed by atoms with E-state index in [1.54, 1.807) is 0 Å². The second kappa shape index (κ2) is 6.31. The van der Waals surface area contributed by atoms with Crippen LogP contribution in [0.25, 0.3) is 11.0 Å². The second-order valence-electron chi connectivity index (χ2n) is 7.05. The lowest BCUT2D eigenvalue weighted by molar-refractivity contribution is 0.438. The molecule has 0 bridgehead atoms. The molecule has 2 fully saturated rings. The van der Waals surface area contributed by atoms with Crippen LogP contribution in [-0.4, -0.2) is 23.1 Å². The summed E-state index contributed by atoms with van der Waals surface area (Å²) in [7, 11) is 0. The first-order valence-electron chi connectivity index (χ1n) is 9.14. The summed E-state index contributed by atoms with van der Waals surface area (Å²) in [6.07, 6.45) is 14.2. The highest BCUT2D eigenvalue weighted by Crippen LogP contribution is 2.35. The van der Waals surface area contributed by atoms with E-state index in [4.69, 9.17) is 0 Å². The Morgan fingerprint density at radius 2 is 1.68 bits per heavy atom. The van der Waals surface area contributed by atoms with Crippen LogP contribution in [0.15, 0.2) is 18.3 Å².